The van der Waals surface area contributed by atoms with Crippen molar-refractivity contribution in [3.8, 4) is 0 Å². The predicted molar refractivity (Wildman–Crippen MR) is 81.5 cm³/mol. The lowest BCUT2D eigenvalue weighted by atomic mass is 10.1. The zero-order chi connectivity index (χ0) is 14.8. The summed E-state index contributed by atoms with van der Waals surface area (Å²) in [6.45, 7) is 1.98. The van der Waals surface area contributed by atoms with Gasteiger partial charge in [-0.15, -0.1) is 12.4 Å². The second-order valence-corrected chi connectivity index (χ2v) is 6.73. The van der Waals surface area contributed by atoms with Gasteiger partial charge in [0.15, 0.2) is 0 Å². The summed E-state index contributed by atoms with van der Waals surface area (Å²) in [5.41, 5.74) is -0.242. The molecule has 0 amide bonds. The number of nitrogens with zero attached hydrogens (tertiary/aromatic N) is 1. The van der Waals surface area contributed by atoms with Crippen LogP contribution < -0.4 is 10.0 Å². The molecule has 0 spiro atoms. The first-order valence-electron chi connectivity index (χ1n) is 6.04. The highest BCUT2D eigenvalue weighted by atomic mass is 35.5. The summed E-state index contributed by atoms with van der Waals surface area (Å²) < 4.78 is 26.7. The molecule has 7 nitrogen and oxygen atoms in total. The molecule has 1 fully saturated rings. The molecule has 0 bridgehead atoms. The molecule has 0 aromatic heterocycles. The van der Waals surface area contributed by atoms with Gasteiger partial charge in [0.1, 0.15) is 4.90 Å². The highest BCUT2D eigenvalue weighted by molar-refractivity contribution is 7.89. The number of rotatable bonds is 5. The van der Waals surface area contributed by atoms with Gasteiger partial charge in [0.25, 0.3) is 5.69 Å². The minimum Gasteiger partial charge on any atom is -0.316 e. The predicted octanol–water partition coefficient (Wildman–Crippen LogP) is 1.56. The Morgan fingerprint density at radius 1 is 1.48 bits per heavy atom. The van der Waals surface area contributed by atoms with Gasteiger partial charge in [0.2, 0.25) is 10.0 Å². The Balaban J connectivity index is 0.00000220. The van der Waals surface area contributed by atoms with E-state index in [1.54, 1.807) is 0 Å². The van der Waals surface area contributed by atoms with Crippen molar-refractivity contribution in [2.45, 2.75) is 11.3 Å². The zero-order valence-corrected chi connectivity index (χ0v) is 13.3. The standard InChI is InChI=1S/C11H14ClN3O4S.ClH/c12-10-5-9(15(16)17)1-2-11(10)20(18,19)14-7-8-3-4-13-6-8;/h1-2,5,8,13-14H,3-4,6-7H2;1H. The van der Waals surface area contributed by atoms with E-state index in [0.29, 0.717) is 6.54 Å². The van der Waals surface area contributed by atoms with E-state index in [0.717, 1.165) is 37.7 Å². The van der Waals surface area contributed by atoms with Gasteiger partial charge in [0.05, 0.1) is 9.95 Å². The third-order valence-corrected chi connectivity index (χ3v) is 5.05. The molecule has 0 radical (unpaired) electrons. The lowest BCUT2D eigenvalue weighted by Gasteiger charge is -2.11. The number of hydrogen-bond acceptors (Lipinski definition) is 5. The van der Waals surface area contributed by atoms with E-state index >= 15 is 0 Å². The lowest BCUT2D eigenvalue weighted by molar-refractivity contribution is -0.384. The number of non-ortho nitro benzene ring substituents is 1. The van der Waals surface area contributed by atoms with Gasteiger partial charge in [-0.05, 0) is 31.5 Å². The highest BCUT2D eigenvalue weighted by Gasteiger charge is 2.22. The van der Waals surface area contributed by atoms with Gasteiger partial charge in [0, 0.05) is 18.7 Å². The van der Waals surface area contributed by atoms with Gasteiger partial charge in [-0.3, -0.25) is 10.1 Å². The SMILES string of the molecule is Cl.O=[N+]([O-])c1ccc(S(=O)(=O)NCC2CCNC2)c(Cl)c1. The molecule has 118 valence electrons. The third kappa shape index (κ3) is 4.52. The second-order valence-electron chi connectivity index (χ2n) is 4.58. The maximum atomic E-state index is 12.1. The number of nitrogens with one attached hydrogen (secondary N) is 2. The molecular weight excluding hydrogens is 341 g/mol. The van der Waals surface area contributed by atoms with Gasteiger partial charge in [-0.2, -0.15) is 0 Å². The Kier molecular flexibility index (Phi) is 6.36. The summed E-state index contributed by atoms with van der Waals surface area (Å²) in [6, 6.07) is 3.31. The Bertz CT molecular complexity index is 618. The van der Waals surface area contributed by atoms with Crippen LogP contribution in [0.3, 0.4) is 0 Å². The van der Waals surface area contributed by atoms with Crippen molar-refractivity contribution in [2.75, 3.05) is 19.6 Å². The topological polar surface area (TPSA) is 101 Å². The molecule has 2 N–H and O–H groups in total. The quantitative estimate of drug-likeness (QED) is 0.616. The van der Waals surface area contributed by atoms with Crippen molar-refractivity contribution in [2.24, 2.45) is 5.92 Å². The zero-order valence-electron chi connectivity index (χ0n) is 10.9. The first-order chi connectivity index (χ1) is 9.40. The highest BCUT2D eigenvalue weighted by Crippen LogP contribution is 2.26. The van der Waals surface area contributed by atoms with Crippen LogP contribution in [0, 0.1) is 16.0 Å². The van der Waals surface area contributed by atoms with Crippen LogP contribution in [0.1, 0.15) is 6.42 Å². The summed E-state index contributed by atoms with van der Waals surface area (Å²) in [4.78, 5) is 9.82. The van der Waals surface area contributed by atoms with Crippen molar-refractivity contribution in [1.29, 1.82) is 0 Å². The van der Waals surface area contributed by atoms with Gasteiger partial charge < -0.3 is 5.32 Å². The molecule has 2 rings (SSSR count). The van der Waals surface area contributed by atoms with Gasteiger partial charge in [-0.1, -0.05) is 11.6 Å². The van der Waals surface area contributed by atoms with E-state index < -0.39 is 14.9 Å². The van der Waals surface area contributed by atoms with E-state index in [1.165, 1.54) is 0 Å². The Labute approximate surface area is 133 Å². The van der Waals surface area contributed by atoms with Crippen LogP contribution >= 0.6 is 24.0 Å². The minimum atomic E-state index is -3.75. The molecule has 1 saturated heterocycles. The van der Waals surface area contributed by atoms with Crippen LogP contribution in [0.5, 0.6) is 0 Å². The number of nitro groups is 1. The molecule has 21 heavy (non-hydrogen) atoms. The fourth-order valence-electron chi connectivity index (χ4n) is 2.02. The van der Waals surface area contributed by atoms with Gasteiger partial charge in [-0.25, -0.2) is 13.1 Å². The first-order valence-corrected chi connectivity index (χ1v) is 7.90. The summed E-state index contributed by atoms with van der Waals surface area (Å²) in [5.74, 6) is 0.251. The van der Waals surface area contributed by atoms with E-state index in [-0.39, 0.29) is 33.9 Å². The number of nitro benzene ring substituents is 1. The minimum absolute atomic E-state index is 0. The van der Waals surface area contributed by atoms with Crippen molar-refractivity contribution in [3.63, 3.8) is 0 Å². The fraction of sp³-hybridized carbons (Fsp3) is 0.455. The normalized spacial score (nSPS) is 18.2. The average molecular weight is 356 g/mol. The molecule has 1 atom stereocenters. The second kappa shape index (κ2) is 7.37. The van der Waals surface area contributed by atoms with Crippen LogP contribution in [-0.4, -0.2) is 33.0 Å². The third-order valence-electron chi connectivity index (χ3n) is 3.14. The number of sulfonamides is 1. The van der Waals surface area contributed by atoms with E-state index in [9.17, 15) is 18.5 Å². The first kappa shape index (κ1) is 18.1. The molecule has 1 aromatic carbocycles. The summed E-state index contributed by atoms with van der Waals surface area (Å²) >= 11 is 5.82. The monoisotopic (exact) mass is 355 g/mol. The summed E-state index contributed by atoms with van der Waals surface area (Å²) in [6.07, 6.45) is 0.913. The molecule has 1 aromatic rings. The fourth-order valence-corrected chi connectivity index (χ4v) is 3.67. The van der Waals surface area contributed by atoms with Crippen LogP contribution in [0.4, 0.5) is 5.69 Å². The molecule has 1 heterocycles. The Morgan fingerprint density at radius 3 is 2.71 bits per heavy atom. The van der Waals surface area contributed by atoms with Crippen LogP contribution in [-0.2, 0) is 10.0 Å². The van der Waals surface area contributed by atoms with Crippen molar-refractivity contribution in [1.82, 2.24) is 10.0 Å². The smallest absolute Gasteiger partial charge is 0.271 e. The molecule has 0 aliphatic carbocycles. The maximum Gasteiger partial charge on any atom is 0.271 e. The largest absolute Gasteiger partial charge is 0.316 e. The van der Waals surface area contributed by atoms with E-state index in [2.05, 4.69) is 10.0 Å². The van der Waals surface area contributed by atoms with Crippen LogP contribution in [0.15, 0.2) is 23.1 Å². The van der Waals surface area contributed by atoms with Gasteiger partial charge >= 0.3 is 0 Å². The van der Waals surface area contributed by atoms with Crippen molar-refractivity contribution >= 4 is 39.7 Å². The Morgan fingerprint density at radius 2 is 2.19 bits per heavy atom. The number of hydrogen-bond donors (Lipinski definition) is 2. The van der Waals surface area contributed by atoms with E-state index in [4.69, 9.17) is 11.6 Å². The molecule has 1 aliphatic heterocycles. The summed E-state index contributed by atoms with van der Waals surface area (Å²) in [5, 5.41) is 13.6. The maximum absolute atomic E-state index is 12.1. The van der Waals surface area contributed by atoms with Crippen molar-refractivity contribution < 1.29 is 13.3 Å². The molecule has 1 unspecified atom stereocenters. The Hall–Kier alpha value is -0.930. The number of halogens is 2. The molecule has 10 heteroatoms. The number of benzene rings is 1. The van der Waals surface area contributed by atoms with Crippen molar-refractivity contribution in [3.05, 3.63) is 33.3 Å². The molecule has 1 aliphatic rings. The average Bonchev–Trinajstić information content (AvgIpc) is 2.89. The molecular formula is C11H15Cl2N3O4S. The van der Waals surface area contributed by atoms with Crippen LogP contribution in [0.25, 0.3) is 0 Å². The summed E-state index contributed by atoms with van der Waals surface area (Å²) in [7, 11) is -3.75. The van der Waals surface area contributed by atoms with E-state index in [1.807, 2.05) is 0 Å². The molecule has 0 saturated carbocycles. The lowest BCUT2D eigenvalue weighted by Crippen LogP contribution is -2.30. The van der Waals surface area contributed by atoms with Crippen LogP contribution in [0.2, 0.25) is 5.02 Å².